The number of rotatable bonds is 32. The molecule has 0 aliphatic heterocycles. The van der Waals surface area contributed by atoms with E-state index in [2.05, 4.69) is 13.8 Å². The van der Waals surface area contributed by atoms with Crippen LogP contribution in [-0.4, -0.2) is 120 Å². The van der Waals surface area contributed by atoms with E-state index in [9.17, 15) is 14.4 Å². The molecular weight excluding hydrogens is 601 g/mol. The number of hydrogen-bond acceptors (Lipinski definition) is 14. The van der Waals surface area contributed by atoms with Gasteiger partial charge in [0.2, 0.25) is 0 Å². The number of carbonyl (C=O) groups is 3. The van der Waals surface area contributed by atoms with Crippen molar-refractivity contribution in [2.24, 2.45) is 5.41 Å². The second-order valence-electron chi connectivity index (χ2n) is 8.57. The summed E-state index contributed by atoms with van der Waals surface area (Å²) in [6.07, 6.45) is 0.599. The van der Waals surface area contributed by atoms with Crippen LogP contribution in [0.2, 0.25) is 0 Å². The summed E-state index contributed by atoms with van der Waals surface area (Å²) < 4.78 is 28.3. The Kier molecular flexibility index (Phi) is 29.3. The highest BCUT2D eigenvalue weighted by Gasteiger charge is 2.40. The highest BCUT2D eigenvalue weighted by atomic mass is 33.1. The van der Waals surface area contributed by atoms with Crippen molar-refractivity contribution in [1.82, 2.24) is 0 Å². The third kappa shape index (κ3) is 24.7. The first-order chi connectivity index (χ1) is 19.4. The average Bonchev–Trinajstić information content (AvgIpc) is 2.92. The standard InChI is InChI=1S/C26H48O10S4/c1-5-37-39-16-14-30-10-12-33-20-26(22-36-35-19-24(4)28,25(29)8-7-9-32-18-23(3)27)21-34-13-11-31-15-17-40-38-6-2/h5-22H2,1-4H3. The molecule has 0 radical (unpaired) electrons. The number of ether oxygens (including phenoxy) is 5. The van der Waals surface area contributed by atoms with Crippen LogP contribution in [0.5, 0.6) is 0 Å². The summed E-state index contributed by atoms with van der Waals surface area (Å²) >= 11 is 0. The maximum absolute atomic E-state index is 13.5. The summed E-state index contributed by atoms with van der Waals surface area (Å²) in [5.74, 6) is 3.46. The number of ketones is 3. The molecule has 236 valence electrons. The van der Waals surface area contributed by atoms with Crippen LogP contribution in [-0.2, 0) is 47.8 Å². The Morgan fingerprint density at radius 2 is 1.10 bits per heavy atom. The third-order valence-electron chi connectivity index (χ3n) is 4.80. The van der Waals surface area contributed by atoms with Crippen LogP contribution >= 0.6 is 43.2 Å². The smallest absolute Gasteiger partial charge is 0.158 e. The predicted octanol–water partition coefficient (Wildman–Crippen LogP) is 4.33. The summed E-state index contributed by atoms with van der Waals surface area (Å²) in [4.78, 5) is 46.2. The summed E-state index contributed by atoms with van der Waals surface area (Å²) in [5.41, 5.74) is -1.17. The second-order valence-corrected chi connectivity index (χ2v) is 14.3. The van der Waals surface area contributed by atoms with Gasteiger partial charge in [-0.2, -0.15) is 0 Å². The van der Waals surface area contributed by atoms with Gasteiger partial charge in [0.25, 0.3) is 0 Å². The van der Waals surface area contributed by atoms with Gasteiger partial charge in [-0.15, -0.1) is 0 Å². The highest BCUT2D eigenvalue weighted by molar-refractivity contribution is 8.77. The summed E-state index contributed by atoms with van der Waals surface area (Å²) in [7, 11) is 7.11. The number of Topliss-reactive ketones (excluding diaryl/α,β-unsaturated/α-hetero) is 3. The normalized spacial score (nSPS) is 11.7. The molecule has 10 nitrogen and oxygen atoms in total. The zero-order valence-electron chi connectivity index (χ0n) is 24.4. The van der Waals surface area contributed by atoms with E-state index in [-0.39, 0.29) is 63.4 Å². The minimum Gasteiger partial charge on any atom is -0.378 e. The minimum atomic E-state index is -1.17. The Labute approximate surface area is 255 Å². The van der Waals surface area contributed by atoms with Gasteiger partial charge in [0.05, 0.1) is 59.5 Å². The highest BCUT2D eigenvalue weighted by Crippen LogP contribution is 2.25. The molecule has 0 saturated carbocycles. The summed E-state index contributed by atoms with van der Waals surface area (Å²) in [5, 5.41) is 0. The lowest BCUT2D eigenvalue weighted by molar-refractivity contribution is -0.306. The van der Waals surface area contributed by atoms with E-state index in [0.29, 0.717) is 46.1 Å². The van der Waals surface area contributed by atoms with Crippen molar-refractivity contribution in [2.75, 3.05) is 102 Å². The summed E-state index contributed by atoms with van der Waals surface area (Å²) in [6, 6.07) is 0. The van der Waals surface area contributed by atoms with E-state index in [1.54, 1.807) is 43.2 Å². The van der Waals surface area contributed by atoms with Crippen LogP contribution in [0.3, 0.4) is 0 Å². The molecule has 0 fully saturated rings. The van der Waals surface area contributed by atoms with Crippen molar-refractivity contribution in [2.45, 2.75) is 40.5 Å². The third-order valence-corrected chi connectivity index (χ3v) is 9.68. The fraction of sp³-hybridized carbons (Fsp3) is 0.885. The Morgan fingerprint density at radius 3 is 1.60 bits per heavy atom. The molecule has 14 heteroatoms. The van der Waals surface area contributed by atoms with Gasteiger partial charge in [-0.3, -0.25) is 14.4 Å². The van der Waals surface area contributed by atoms with Gasteiger partial charge < -0.3 is 23.7 Å². The van der Waals surface area contributed by atoms with E-state index >= 15 is 0 Å². The first kappa shape index (κ1) is 40.1. The first-order valence-electron chi connectivity index (χ1n) is 13.5. The average molecular weight is 649 g/mol. The van der Waals surface area contributed by atoms with Crippen molar-refractivity contribution >= 4 is 60.5 Å². The lowest BCUT2D eigenvalue weighted by Gasteiger charge is -2.31. The summed E-state index contributed by atoms with van der Waals surface area (Å²) in [6.45, 7) is 9.63. The molecule has 0 aromatic heterocycles. The molecule has 0 aliphatic carbocycles. The Balaban J connectivity index is 5.00. The fourth-order valence-corrected chi connectivity index (χ4v) is 5.96. The molecule has 40 heavy (non-hydrogen) atoms. The maximum atomic E-state index is 13.5. The second kappa shape index (κ2) is 29.2. The van der Waals surface area contributed by atoms with Crippen LogP contribution in [0, 0.1) is 5.41 Å². The van der Waals surface area contributed by atoms with Gasteiger partial charge in [-0.1, -0.05) is 57.0 Å². The fourth-order valence-electron chi connectivity index (χ4n) is 2.91. The Hall–Kier alpha value is 0.130. The minimum absolute atomic E-state index is 0.0127. The van der Waals surface area contributed by atoms with Crippen LogP contribution in [0.4, 0.5) is 0 Å². The molecule has 0 spiro atoms. The van der Waals surface area contributed by atoms with E-state index in [1.807, 2.05) is 0 Å². The van der Waals surface area contributed by atoms with Crippen LogP contribution < -0.4 is 0 Å². The van der Waals surface area contributed by atoms with Gasteiger partial charge in [0, 0.05) is 36.0 Å². The molecular formula is C26H48O10S4. The molecule has 0 aromatic carbocycles. The molecule has 0 bridgehead atoms. The van der Waals surface area contributed by atoms with Gasteiger partial charge in [-0.05, 0) is 20.3 Å². The van der Waals surface area contributed by atoms with Crippen molar-refractivity contribution in [3.05, 3.63) is 0 Å². The molecule has 0 amide bonds. The van der Waals surface area contributed by atoms with Crippen molar-refractivity contribution in [1.29, 1.82) is 0 Å². The zero-order valence-corrected chi connectivity index (χ0v) is 27.7. The largest absolute Gasteiger partial charge is 0.378 e. The Bertz CT molecular complexity index is 621. The molecule has 0 saturated heterocycles. The molecule has 0 N–H and O–H groups in total. The van der Waals surface area contributed by atoms with Gasteiger partial charge in [-0.25, -0.2) is 9.78 Å². The molecule has 0 heterocycles. The molecule has 0 unspecified atom stereocenters. The Morgan fingerprint density at radius 1 is 0.575 bits per heavy atom. The van der Waals surface area contributed by atoms with E-state index < -0.39 is 5.41 Å². The van der Waals surface area contributed by atoms with Gasteiger partial charge >= 0.3 is 0 Å². The molecule has 0 aliphatic rings. The zero-order chi connectivity index (χ0) is 29.7. The van der Waals surface area contributed by atoms with Crippen LogP contribution in [0.1, 0.15) is 40.5 Å². The van der Waals surface area contributed by atoms with Crippen molar-refractivity contribution in [3.63, 3.8) is 0 Å². The lowest BCUT2D eigenvalue weighted by atomic mass is 9.83. The van der Waals surface area contributed by atoms with Crippen LogP contribution in [0.25, 0.3) is 0 Å². The maximum Gasteiger partial charge on any atom is 0.158 e. The first-order valence-corrected chi connectivity index (χ1v) is 18.5. The van der Waals surface area contributed by atoms with Gasteiger partial charge in [0.1, 0.15) is 24.4 Å². The molecule has 0 aromatic rings. The molecule has 0 atom stereocenters. The van der Waals surface area contributed by atoms with Crippen molar-refractivity contribution in [3.8, 4) is 0 Å². The number of carbonyl (C=O) groups excluding carboxylic acids is 3. The van der Waals surface area contributed by atoms with E-state index in [0.717, 1.165) is 23.0 Å². The quantitative estimate of drug-likeness (QED) is 0.0446. The van der Waals surface area contributed by atoms with E-state index in [4.69, 9.17) is 33.5 Å². The van der Waals surface area contributed by atoms with Crippen LogP contribution in [0.15, 0.2) is 0 Å². The topological polar surface area (TPSA) is 116 Å². The monoisotopic (exact) mass is 648 g/mol. The lowest BCUT2D eigenvalue weighted by Crippen LogP contribution is -2.45. The molecule has 0 rings (SSSR count). The van der Waals surface area contributed by atoms with Gasteiger partial charge in [0.15, 0.2) is 11.6 Å². The predicted molar refractivity (Wildman–Crippen MR) is 165 cm³/mol. The number of hydrogen-bond donors (Lipinski definition) is 0. The SMILES string of the molecule is CCSSCCOCCOCC(COCCOCCSSCC)(COOCC(C)=O)C(=O)CCCOCC(C)=O. The van der Waals surface area contributed by atoms with E-state index in [1.165, 1.54) is 13.8 Å². The van der Waals surface area contributed by atoms with Crippen molar-refractivity contribution < 1.29 is 47.8 Å².